The number of carbonyl (C=O) groups excluding carboxylic acids is 1. The van der Waals surface area contributed by atoms with E-state index in [1.807, 2.05) is 0 Å². The van der Waals surface area contributed by atoms with Crippen LogP contribution < -0.4 is 9.47 Å². The van der Waals surface area contributed by atoms with Crippen LogP contribution in [0.5, 0.6) is 11.5 Å². The number of ketones is 1. The molecule has 0 atom stereocenters. The summed E-state index contributed by atoms with van der Waals surface area (Å²) in [5, 5.41) is 8.36. The fourth-order valence-electron chi connectivity index (χ4n) is 3.52. The van der Waals surface area contributed by atoms with E-state index >= 15 is 0 Å². The summed E-state index contributed by atoms with van der Waals surface area (Å²) in [4.78, 5) is 14.0. The summed E-state index contributed by atoms with van der Waals surface area (Å²) in [5.41, 5.74) is -9.05. The van der Waals surface area contributed by atoms with Gasteiger partial charge in [0.1, 0.15) is 5.75 Å². The summed E-state index contributed by atoms with van der Waals surface area (Å²) in [6.07, 6.45) is -14.2. The molecule has 15 heteroatoms. The first kappa shape index (κ1) is 36.5. The van der Waals surface area contributed by atoms with Crippen LogP contribution in [0, 0.1) is 6.07 Å². The summed E-state index contributed by atoms with van der Waals surface area (Å²) in [6.45, 7) is 2.85. The van der Waals surface area contributed by atoms with Crippen molar-refractivity contribution in [2.24, 2.45) is 0 Å². The average molecular weight is 790 g/mol. The van der Waals surface area contributed by atoms with Crippen LogP contribution in [0.15, 0.2) is 54.4 Å². The molecule has 42 heavy (non-hydrogen) atoms. The molecular weight excluding hydrogens is 768 g/mol. The van der Waals surface area contributed by atoms with E-state index in [1.165, 1.54) is 45.4 Å². The minimum atomic E-state index is -5.57. The van der Waals surface area contributed by atoms with Crippen molar-refractivity contribution in [3.63, 3.8) is 0 Å². The SMILES string of the molecule is CC(=O)/C=C(/C)O.COc1ccnc(-c2[c-]cc(OC)cc2-c2c(C(F)(F)F)cc(C(F)(F)F)cc2C(F)(F)F)c1.[Pt]. The Labute approximate surface area is 248 Å². The zero-order chi connectivity index (χ0) is 31.3. The van der Waals surface area contributed by atoms with Crippen LogP contribution >= 0.6 is 0 Å². The molecule has 0 bridgehead atoms. The minimum absolute atomic E-state index is 0. The van der Waals surface area contributed by atoms with Gasteiger partial charge in [0.15, 0.2) is 5.78 Å². The molecule has 0 unspecified atom stereocenters. The van der Waals surface area contributed by atoms with Gasteiger partial charge in [-0.3, -0.25) is 4.79 Å². The number of hydrogen-bond acceptors (Lipinski definition) is 5. The fraction of sp³-hybridized carbons (Fsp3) is 0.259. The van der Waals surface area contributed by atoms with Gasteiger partial charge in [0.05, 0.1) is 36.7 Å². The van der Waals surface area contributed by atoms with Crippen molar-refractivity contribution in [2.45, 2.75) is 32.4 Å². The number of aliphatic hydroxyl groups excluding tert-OH is 1. The largest absolute Gasteiger partial charge is 0.540 e. The van der Waals surface area contributed by atoms with Gasteiger partial charge in [0.2, 0.25) is 0 Å². The number of ether oxygens (including phenoxy) is 2. The number of rotatable bonds is 5. The summed E-state index contributed by atoms with van der Waals surface area (Å²) >= 11 is 0. The van der Waals surface area contributed by atoms with Gasteiger partial charge < -0.3 is 19.6 Å². The zero-order valence-corrected chi connectivity index (χ0v) is 24.2. The second kappa shape index (κ2) is 14.1. The summed E-state index contributed by atoms with van der Waals surface area (Å²) in [7, 11) is 2.38. The number of pyridine rings is 1. The second-order valence-electron chi connectivity index (χ2n) is 8.25. The molecule has 0 fully saturated rings. The van der Waals surface area contributed by atoms with Crippen LogP contribution in [-0.4, -0.2) is 30.1 Å². The summed E-state index contributed by atoms with van der Waals surface area (Å²) in [6, 6.07) is 6.42. The molecule has 1 N–H and O–H groups in total. The first-order chi connectivity index (χ1) is 18.8. The number of hydrogen-bond donors (Lipinski definition) is 1. The topological polar surface area (TPSA) is 68.7 Å². The van der Waals surface area contributed by atoms with E-state index in [0.29, 0.717) is 0 Å². The maximum Gasteiger partial charge on any atom is 0.416 e. The molecule has 3 rings (SSSR count). The summed E-state index contributed by atoms with van der Waals surface area (Å²) in [5.74, 6) is -0.0602. The Morgan fingerprint density at radius 2 is 1.38 bits per heavy atom. The number of aromatic nitrogens is 1. The first-order valence-electron chi connectivity index (χ1n) is 11.2. The van der Waals surface area contributed by atoms with Crippen LogP contribution in [-0.2, 0) is 44.4 Å². The van der Waals surface area contributed by atoms with Crippen molar-refractivity contribution in [2.75, 3.05) is 14.2 Å². The van der Waals surface area contributed by atoms with Crippen molar-refractivity contribution in [1.29, 1.82) is 0 Å². The molecule has 0 radical (unpaired) electrons. The van der Waals surface area contributed by atoms with Crippen molar-refractivity contribution >= 4 is 5.78 Å². The number of carbonyl (C=O) groups is 1. The van der Waals surface area contributed by atoms with E-state index < -0.39 is 46.3 Å². The van der Waals surface area contributed by atoms with Crippen molar-refractivity contribution in [3.05, 3.63) is 77.2 Å². The number of methoxy groups -OCH3 is 2. The fourth-order valence-corrected chi connectivity index (χ4v) is 3.52. The van der Waals surface area contributed by atoms with E-state index in [4.69, 9.17) is 14.6 Å². The minimum Gasteiger partial charge on any atom is -0.540 e. The first-order valence-corrected chi connectivity index (χ1v) is 11.2. The zero-order valence-electron chi connectivity index (χ0n) is 22.0. The van der Waals surface area contributed by atoms with E-state index in [2.05, 4.69) is 11.1 Å². The van der Waals surface area contributed by atoms with Crippen LogP contribution in [0.1, 0.15) is 30.5 Å². The van der Waals surface area contributed by atoms with E-state index in [9.17, 15) is 44.3 Å². The van der Waals surface area contributed by atoms with Gasteiger partial charge in [-0.1, -0.05) is 11.6 Å². The number of benzene rings is 2. The number of halogens is 9. The Morgan fingerprint density at radius 3 is 1.76 bits per heavy atom. The number of allylic oxidation sites excluding steroid dienone is 2. The third-order valence-electron chi connectivity index (χ3n) is 5.13. The molecule has 1 aromatic heterocycles. The number of aliphatic hydroxyl groups is 1. The normalized spacial score (nSPS) is 12.1. The Morgan fingerprint density at radius 1 is 0.857 bits per heavy atom. The standard InChI is InChI=1S/C22H13F9NO2.C5H8O2.Pt/c1-33-12-3-4-14(18-10-13(34-2)5-6-32-18)15(9-12)19-16(21(26,27)28)7-11(20(23,24)25)8-17(19)22(29,30)31;1-4(6)3-5(2)7;/h3,5-10H,1-2H3;3,6H,1-2H3;/q-1;;/b;4-3-;. The maximum atomic E-state index is 13.9. The van der Waals surface area contributed by atoms with Crippen molar-refractivity contribution < 1.29 is 80.0 Å². The quantitative estimate of drug-likeness (QED) is 0.122. The Bertz CT molecular complexity index is 1390. The van der Waals surface area contributed by atoms with Gasteiger partial charge in [-0.05, 0) is 49.4 Å². The predicted octanol–water partition coefficient (Wildman–Crippen LogP) is 8.32. The Kier molecular flexibility index (Phi) is 12.2. The molecule has 232 valence electrons. The van der Waals surface area contributed by atoms with Crippen LogP contribution in [0.3, 0.4) is 0 Å². The molecule has 0 spiro atoms. The second-order valence-corrected chi connectivity index (χ2v) is 8.25. The molecular formula is C27H21F9NO4Pt-. The van der Waals surface area contributed by atoms with Crippen LogP contribution in [0.4, 0.5) is 39.5 Å². The van der Waals surface area contributed by atoms with Crippen LogP contribution in [0.25, 0.3) is 22.4 Å². The molecule has 0 amide bonds. The van der Waals surface area contributed by atoms with Gasteiger partial charge in [0.25, 0.3) is 0 Å². The Balaban J connectivity index is 0.000000981. The molecule has 1 heterocycles. The molecule has 5 nitrogen and oxygen atoms in total. The molecule has 2 aromatic carbocycles. The molecule has 0 aliphatic heterocycles. The molecule has 0 saturated heterocycles. The Hall–Kier alpha value is -3.54. The predicted molar refractivity (Wildman–Crippen MR) is 129 cm³/mol. The third kappa shape index (κ3) is 9.50. The molecule has 0 aliphatic carbocycles. The molecule has 3 aromatic rings. The van der Waals surface area contributed by atoms with E-state index in [-0.39, 0.29) is 67.5 Å². The van der Waals surface area contributed by atoms with Gasteiger partial charge in [-0.25, -0.2) is 0 Å². The number of nitrogens with zero attached hydrogens (tertiary/aromatic N) is 1. The van der Waals surface area contributed by atoms with E-state index in [0.717, 1.165) is 19.2 Å². The van der Waals surface area contributed by atoms with Crippen LogP contribution in [0.2, 0.25) is 0 Å². The van der Waals surface area contributed by atoms with Gasteiger partial charge in [-0.15, -0.1) is 17.7 Å². The summed E-state index contributed by atoms with van der Waals surface area (Å²) < 4.78 is 133. The van der Waals surface area contributed by atoms with Gasteiger partial charge in [-0.2, -0.15) is 39.5 Å². The monoisotopic (exact) mass is 789 g/mol. The molecule has 0 saturated carbocycles. The average Bonchev–Trinajstić information content (AvgIpc) is 2.85. The third-order valence-corrected chi connectivity index (χ3v) is 5.13. The van der Waals surface area contributed by atoms with E-state index in [1.54, 1.807) is 0 Å². The van der Waals surface area contributed by atoms with Crippen molar-refractivity contribution in [3.8, 4) is 33.9 Å². The smallest absolute Gasteiger partial charge is 0.416 e. The maximum absolute atomic E-state index is 13.9. The van der Waals surface area contributed by atoms with Crippen molar-refractivity contribution in [1.82, 2.24) is 4.98 Å². The number of alkyl halides is 9. The van der Waals surface area contributed by atoms with Gasteiger partial charge in [0, 0.05) is 39.1 Å². The molecule has 0 aliphatic rings. The van der Waals surface area contributed by atoms with Gasteiger partial charge >= 0.3 is 18.5 Å².